The minimum absolute atomic E-state index is 0.0601. The molecule has 5 nitrogen and oxygen atoms in total. The van der Waals surface area contributed by atoms with E-state index in [1.807, 2.05) is 30.3 Å². The van der Waals surface area contributed by atoms with Crippen LogP contribution in [0.2, 0.25) is 0 Å². The summed E-state index contributed by atoms with van der Waals surface area (Å²) in [6.07, 6.45) is 2.31. The molecule has 1 N–H and O–H groups in total. The van der Waals surface area contributed by atoms with Crippen molar-refractivity contribution in [2.75, 3.05) is 11.1 Å². The lowest BCUT2D eigenvalue weighted by atomic mass is 9.70. The fourth-order valence-corrected chi connectivity index (χ4v) is 4.86. The van der Waals surface area contributed by atoms with E-state index in [1.54, 1.807) is 0 Å². The molecule has 1 heterocycles. The maximum absolute atomic E-state index is 12.1. The molecule has 0 saturated heterocycles. The summed E-state index contributed by atoms with van der Waals surface area (Å²) in [6, 6.07) is 9.46. The van der Waals surface area contributed by atoms with Crippen molar-refractivity contribution in [2.24, 2.45) is 5.41 Å². The molecule has 1 aromatic heterocycles. The molecule has 130 valence electrons. The normalized spacial score (nSPS) is 25.6. The number of nitrogens with zero attached hydrogens (tertiary/aromatic N) is 3. The smallest absolute Gasteiger partial charge is 0.234 e. The number of carbonyl (C=O) groups excluding carboxylic acids is 1. The number of aromatic nitrogens is 3. The lowest BCUT2D eigenvalue weighted by Gasteiger charge is -2.33. The highest BCUT2D eigenvalue weighted by atomic mass is 32.2. The molecule has 2 aliphatic rings. The van der Waals surface area contributed by atoms with Gasteiger partial charge in [0.25, 0.3) is 0 Å². The summed E-state index contributed by atoms with van der Waals surface area (Å²) >= 11 is 1.34. The van der Waals surface area contributed by atoms with Gasteiger partial charge in [0.2, 0.25) is 11.1 Å². The maximum Gasteiger partial charge on any atom is 0.234 e. The number of carbonyl (C=O) groups is 1. The topological polar surface area (TPSA) is 67.8 Å². The number of anilines is 1. The van der Waals surface area contributed by atoms with Crippen LogP contribution in [0.5, 0.6) is 0 Å². The number of rotatable bonds is 4. The van der Waals surface area contributed by atoms with Crippen LogP contribution in [0.15, 0.2) is 35.5 Å². The standard InChI is InChI=1S/C19H22N4OS/c1-18(2)13-9-10-19(18,3)16-15(13)22-23-17(21-16)25-11-14(24)20-12-7-5-4-6-8-12/h4-8,13H,9-11H2,1-3H3,(H,20,24)/t13-,19-/m0/s1. The molecule has 0 radical (unpaired) electrons. The first-order valence-electron chi connectivity index (χ1n) is 8.64. The number of amides is 1. The fourth-order valence-electron chi connectivity index (χ4n) is 4.27. The number of hydrogen-bond donors (Lipinski definition) is 1. The molecule has 4 rings (SSSR count). The van der Waals surface area contributed by atoms with Gasteiger partial charge in [-0.1, -0.05) is 50.7 Å². The summed E-state index contributed by atoms with van der Waals surface area (Å²) in [4.78, 5) is 16.9. The highest BCUT2D eigenvalue weighted by molar-refractivity contribution is 7.99. The molecule has 1 saturated carbocycles. The molecule has 1 amide bonds. The Kier molecular flexibility index (Phi) is 3.83. The first-order chi connectivity index (χ1) is 11.9. The molecule has 0 aliphatic heterocycles. The van der Waals surface area contributed by atoms with E-state index < -0.39 is 0 Å². The Balaban J connectivity index is 1.47. The highest BCUT2D eigenvalue weighted by Gasteiger charge is 2.61. The van der Waals surface area contributed by atoms with E-state index in [-0.39, 0.29) is 22.5 Å². The summed E-state index contributed by atoms with van der Waals surface area (Å²) in [5.74, 6) is 0.667. The minimum Gasteiger partial charge on any atom is -0.325 e. The van der Waals surface area contributed by atoms with Crippen molar-refractivity contribution < 1.29 is 4.79 Å². The molecule has 1 aromatic carbocycles. The van der Waals surface area contributed by atoms with E-state index in [0.717, 1.165) is 23.5 Å². The van der Waals surface area contributed by atoms with Crippen LogP contribution in [0.3, 0.4) is 0 Å². The second-order valence-corrected chi connectivity index (χ2v) is 8.62. The summed E-state index contributed by atoms with van der Waals surface area (Å²) in [7, 11) is 0. The van der Waals surface area contributed by atoms with Crippen LogP contribution < -0.4 is 5.32 Å². The summed E-state index contributed by atoms with van der Waals surface area (Å²) in [5.41, 5.74) is 3.19. The van der Waals surface area contributed by atoms with Crippen LogP contribution in [0.4, 0.5) is 5.69 Å². The van der Waals surface area contributed by atoms with Gasteiger partial charge < -0.3 is 5.32 Å². The largest absolute Gasteiger partial charge is 0.325 e. The van der Waals surface area contributed by atoms with Crippen LogP contribution >= 0.6 is 11.8 Å². The van der Waals surface area contributed by atoms with Gasteiger partial charge in [0.05, 0.1) is 17.1 Å². The first kappa shape index (κ1) is 16.5. The van der Waals surface area contributed by atoms with Crippen LogP contribution in [-0.2, 0) is 10.2 Å². The Labute approximate surface area is 152 Å². The summed E-state index contributed by atoms with van der Waals surface area (Å²) in [6.45, 7) is 6.92. The Morgan fingerprint density at radius 2 is 2.00 bits per heavy atom. The number of para-hydroxylation sites is 1. The average Bonchev–Trinajstić information content (AvgIpc) is 2.93. The van der Waals surface area contributed by atoms with Crippen molar-refractivity contribution in [3.63, 3.8) is 0 Å². The molecule has 2 aromatic rings. The zero-order chi connectivity index (χ0) is 17.7. The summed E-state index contributed by atoms with van der Waals surface area (Å²) in [5, 5.41) is 12.2. The van der Waals surface area contributed by atoms with E-state index in [9.17, 15) is 4.79 Å². The molecule has 2 atom stereocenters. The lowest BCUT2D eigenvalue weighted by Crippen LogP contribution is -2.32. The zero-order valence-electron chi connectivity index (χ0n) is 14.7. The van der Waals surface area contributed by atoms with Crippen LogP contribution in [0.25, 0.3) is 0 Å². The number of thioether (sulfide) groups is 1. The molecule has 1 fully saturated rings. The van der Waals surface area contributed by atoms with Crippen molar-refractivity contribution in [2.45, 2.75) is 50.1 Å². The maximum atomic E-state index is 12.1. The SMILES string of the molecule is CC1(C)[C@H]2CC[C@@]1(C)c1nc(SCC(=O)Nc3ccccc3)nnc12. The number of benzene rings is 1. The monoisotopic (exact) mass is 354 g/mol. The third-order valence-electron chi connectivity index (χ3n) is 6.16. The van der Waals surface area contributed by atoms with Crippen LogP contribution in [-0.4, -0.2) is 26.8 Å². The molecular formula is C19H22N4OS. The molecule has 0 unspecified atom stereocenters. The number of hydrogen-bond acceptors (Lipinski definition) is 5. The molecule has 2 bridgehead atoms. The number of nitrogens with one attached hydrogen (secondary N) is 1. The van der Waals surface area contributed by atoms with E-state index in [1.165, 1.54) is 18.2 Å². The van der Waals surface area contributed by atoms with E-state index in [0.29, 0.717) is 11.1 Å². The molecule has 2 aliphatic carbocycles. The van der Waals surface area contributed by atoms with Crippen LogP contribution in [0, 0.1) is 5.41 Å². The third-order valence-corrected chi connectivity index (χ3v) is 7.00. The second kappa shape index (κ2) is 5.80. The van der Waals surface area contributed by atoms with Gasteiger partial charge in [0, 0.05) is 17.0 Å². The van der Waals surface area contributed by atoms with Crippen molar-refractivity contribution >= 4 is 23.4 Å². The Bertz CT molecular complexity index is 823. The van der Waals surface area contributed by atoms with Gasteiger partial charge >= 0.3 is 0 Å². The van der Waals surface area contributed by atoms with Gasteiger partial charge in [0.15, 0.2) is 0 Å². The van der Waals surface area contributed by atoms with E-state index in [2.05, 4.69) is 36.3 Å². The zero-order valence-corrected chi connectivity index (χ0v) is 15.6. The molecule has 6 heteroatoms. The van der Waals surface area contributed by atoms with Gasteiger partial charge in [0.1, 0.15) is 0 Å². The van der Waals surface area contributed by atoms with Gasteiger partial charge in [-0.05, 0) is 30.4 Å². The Hall–Kier alpha value is -1.95. The lowest BCUT2D eigenvalue weighted by molar-refractivity contribution is -0.113. The molecular weight excluding hydrogens is 332 g/mol. The highest BCUT2D eigenvalue weighted by Crippen LogP contribution is 2.66. The van der Waals surface area contributed by atoms with Crippen molar-refractivity contribution in [1.29, 1.82) is 0 Å². The predicted octanol–water partition coefficient (Wildman–Crippen LogP) is 3.78. The fraction of sp³-hybridized carbons (Fsp3) is 0.474. The molecule has 0 spiro atoms. The van der Waals surface area contributed by atoms with Gasteiger partial charge in [-0.2, -0.15) is 5.10 Å². The third kappa shape index (κ3) is 2.54. The van der Waals surface area contributed by atoms with Gasteiger partial charge in [-0.25, -0.2) is 4.98 Å². The number of fused-ring (bicyclic) bond motifs is 5. The van der Waals surface area contributed by atoms with E-state index in [4.69, 9.17) is 4.98 Å². The van der Waals surface area contributed by atoms with E-state index >= 15 is 0 Å². The predicted molar refractivity (Wildman–Crippen MR) is 98.7 cm³/mol. The Morgan fingerprint density at radius 1 is 1.24 bits per heavy atom. The quantitative estimate of drug-likeness (QED) is 0.847. The van der Waals surface area contributed by atoms with Gasteiger partial charge in [-0.3, -0.25) is 4.79 Å². The van der Waals surface area contributed by atoms with Gasteiger partial charge in [-0.15, -0.1) is 5.10 Å². The van der Waals surface area contributed by atoms with Crippen molar-refractivity contribution in [1.82, 2.24) is 15.2 Å². The Morgan fingerprint density at radius 3 is 2.76 bits per heavy atom. The van der Waals surface area contributed by atoms with Crippen molar-refractivity contribution in [3.05, 3.63) is 41.7 Å². The summed E-state index contributed by atoms with van der Waals surface area (Å²) < 4.78 is 0. The average molecular weight is 354 g/mol. The minimum atomic E-state index is -0.0617. The van der Waals surface area contributed by atoms with Crippen molar-refractivity contribution in [3.8, 4) is 0 Å². The first-order valence-corrected chi connectivity index (χ1v) is 9.63. The second-order valence-electron chi connectivity index (χ2n) is 7.68. The molecule has 25 heavy (non-hydrogen) atoms. The van der Waals surface area contributed by atoms with Crippen LogP contribution in [0.1, 0.15) is 50.9 Å².